The second-order valence-corrected chi connectivity index (χ2v) is 12.8. The zero-order chi connectivity index (χ0) is 31.9. The Hall–Kier alpha value is -3.91. The fourth-order valence-electron chi connectivity index (χ4n) is 5.50. The van der Waals surface area contributed by atoms with Crippen molar-refractivity contribution in [1.82, 2.24) is 14.5 Å². The van der Waals surface area contributed by atoms with E-state index in [0.29, 0.717) is 22.4 Å². The van der Waals surface area contributed by atoms with Crippen LogP contribution in [0.25, 0.3) is 10.9 Å². The predicted octanol–water partition coefficient (Wildman–Crippen LogP) is 6.69. The van der Waals surface area contributed by atoms with Gasteiger partial charge in [-0.2, -0.15) is 9.40 Å². The van der Waals surface area contributed by atoms with E-state index < -0.39 is 61.8 Å². The zero-order valence-electron chi connectivity index (χ0n) is 23.7. The lowest BCUT2D eigenvalue weighted by Gasteiger charge is -2.31. The molecule has 0 spiro atoms. The smallest absolute Gasteiger partial charge is 0.249 e. The number of amides is 1. The first-order valence-electron chi connectivity index (χ1n) is 13.8. The number of aromatic nitrogens is 2. The molecule has 1 atom stereocenters. The minimum absolute atomic E-state index is 0.180. The van der Waals surface area contributed by atoms with E-state index in [2.05, 4.69) is 10.2 Å². The van der Waals surface area contributed by atoms with Gasteiger partial charge in [-0.3, -0.25) is 9.89 Å². The highest BCUT2D eigenvalue weighted by molar-refractivity contribution is 7.89. The van der Waals surface area contributed by atoms with Gasteiger partial charge in [0.25, 0.3) is 0 Å². The Bertz CT molecular complexity index is 1800. The van der Waals surface area contributed by atoms with E-state index in [4.69, 9.17) is 0 Å². The summed E-state index contributed by atoms with van der Waals surface area (Å²) in [5.41, 5.74) is 1.80. The summed E-state index contributed by atoms with van der Waals surface area (Å²) in [6, 6.07) is 8.04. The molecule has 0 saturated heterocycles. The summed E-state index contributed by atoms with van der Waals surface area (Å²) in [5.74, 6) is -14.1. The number of rotatable bonds is 8. The van der Waals surface area contributed by atoms with Crippen molar-refractivity contribution in [2.75, 3.05) is 11.9 Å². The van der Waals surface area contributed by atoms with Crippen molar-refractivity contribution in [2.24, 2.45) is 0 Å². The van der Waals surface area contributed by atoms with Gasteiger partial charge in [0.15, 0.2) is 28.2 Å². The number of hydrogen-bond acceptors (Lipinski definition) is 4. The number of benzene rings is 3. The van der Waals surface area contributed by atoms with E-state index in [1.165, 1.54) is 18.7 Å². The third-order valence-electron chi connectivity index (χ3n) is 8.17. The molecule has 14 heteroatoms. The van der Waals surface area contributed by atoms with Crippen LogP contribution in [0.1, 0.15) is 56.1 Å². The number of carbonyl (C=O) groups excluding carboxylic acids is 1. The molecule has 1 aliphatic rings. The van der Waals surface area contributed by atoms with E-state index >= 15 is 4.39 Å². The number of nitrogens with zero attached hydrogens (tertiary/aromatic N) is 3. The molecular formula is C30H28F6N4O3S. The first-order chi connectivity index (χ1) is 20.8. The quantitative estimate of drug-likeness (QED) is 0.132. The Morgan fingerprint density at radius 2 is 1.52 bits per heavy atom. The second-order valence-electron chi connectivity index (χ2n) is 10.9. The molecule has 1 saturated carbocycles. The molecule has 0 radical (unpaired) electrons. The van der Waals surface area contributed by atoms with Crippen molar-refractivity contribution >= 4 is 32.5 Å². The van der Waals surface area contributed by atoms with Gasteiger partial charge in [0.2, 0.25) is 21.7 Å². The van der Waals surface area contributed by atoms with Crippen LogP contribution in [-0.4, -0.2) is 41.9 Å². The number of carbonyl (C=O) groups is 1. The number of nitrogens with one attached hydrogen (secondary N) is 1. The standard InChI is InChI=1S/C30H28F6N4O3S/c1-16(39(2)44(42,43)29-27(35)25(33)24(32)26(34)28(29)36)30(41)40(23-13-22-20(12-21(23)31)14-37-38-22)15-17-8-10-19(11-9-17)18-6-4-3-5-7-18/h8-14,16,18H,3-7,15H2,1-2H3,(H,37,38)/t16-/m1/s1. The van der Waals surface area contributed by atoms with Crippen LogP contribution < -0.4 is 4.90 Å². The molecule has 1 heterocycles. The summed E-state index contributed by atoms with van der Waals surface area (Å²) in [6.07, 6.45) is 6.92. The van der Waals surface area contributed by atoms with Crippen molar-refractivity contribution in [2.45, 2.75) is 62.4 Å². The van der Waals surface area contributed by atoms with Crippen LogP contribution in [0.15, 0.2) is 47.5 Å². The van der Waals surface area contributed by atoms with Crippen molar-refractivity contribution in [3.05, 3.63) is 88.6 Å². The molecule has 234 valence electrons. The molecule has 1 fully saturated rings. The van der Waals surface area contributed by atoms with Crippen LogP contribution in [0.2, 0.25) is 0 Å². The number of aromatic amines is 1. The van der Waals surface area contributed by atoms with Crippen LogP contribution >= 0.6 is 0 Å². The highest BCUT2D eigenvalue weighted by atomic mass is 32.2. The van der Waals surface area contributed by atoms with Crippen molar-refractivity contribution in [1.29, 1.82) is 0 Å². The highest BCUT2D eigenvalue weighted by Crippen LogP contribution is 2.34. The van der Waals surface area contributed by atoms with Crippen molar-refractivity contribution in [3.63, 3.8) is 0 Å². The van der Waals surface area contributed by atoms with E-state index in [0.717, 1.165) is 56.2 Å². The first kappa shape index (κ1) is 31.5. The number of halogens is 6. The second kappa shape index (κ2) is 12.2. The maximum atomic E-state index is 15.4. The normalized spacial score (nSPS) is 15.2. The number of sulfonamides is 1. The first-order valence-corrected chi connectivity index (χ1v) is 15.3. The van der Waals surface area contributed by atoms with Crippen molar-refractivity contribution in [3.8, 4) is 0 Å². The van der Waals surface area contributed by atoms with Crippen LogP contribution in [0, 0.1) is 34.9 Å². The minimum atomic E-state index is -5.47. The maximum absolute atomic E-state index is 15.4. The van der Waals surface area contributed by atoms with Crippen LogP contribution in [0.5, 0.6) is 0 Å². The van der Waals surface area contributed by atoms with Gasteiger partial charge in [-0.15, -0.1) is 0 Å². The molecule has 1 N–H and O–H groups in total. The molecule has 5 rings (SSSR count). The van der Waals surface area contributed by atoms with Gasteiger partial charge < -0.3 is 4.90 Å². The van der Waals surface area contributed by atoms with Crippen LogP contribution in [0.3, 0.4) is 0 Å². The lowest BCUT2D eigenvalue weighted by Crippen LogP contribution is -2.48. The molecule has 1 aliphatic carbocycles. The van der Waals surface area contributed by atoms with Gasteiger partial charge in [0.05, 0.1) is 23.9 Å². The monoisotopic (exact) mass is 638 g/mol. The summed E-state index contributed by atoms with van der Waals surface area (Å²) in [6.45, 7) is 0.818. The lowest BCUT2D eigenvalue weighted by atomic mass is 9.84. The number of fused-ring (bicyclic) bond motifs is 1. The Kier molecular flexibility index (Phi) is 8.76. The molecule has 1 aromatic heterocycles. The Labute approximate surface area is 249 Å². The third-order valence-corrected chi connectivity index (χ3v) is 10.1. The van der Waals surface area contributed by atoms with Gasteiger partial charge in [0.1, 0.15) is 11.9 Å². The molecule has 0 aliphatic heterocycles. The molecule has 4 aromatic rings. The van der Waals surface area contributed by atoms with E-state index in [9.17, 15) is 35.2 Å². The number of hydrogen-bond donors (Lipinski definition) is 1. The predicted molar refractivity (Wildman–Crippen MR) is 150 cm³/mol. The Balaban J connectivity index is 1.51. The van der Waals surface area contributed by atoms with Gasteiger partial charge in [0, 0.05) is 12.4 Å². The molecule has 0 bridgehead atoms. The topological polar surface area (TPSA) is 86.4 Å². The molecule has 1 amide bonds. The van der Waals surface area contributed by atoms with Gasteiger partial charge >= 0.3 is 0 Å². The highest BCUT2D eigenvalue weighted by Gasteiger charge is 2.40. The SMILES string of the molecule is C[C@H](C(=O)N(Cc1ccc(C2CCCCC2)cc1)c1cc2[nH]ncc2cc1F)N(C)S(=O)(=O)c1c(F)c(F)c(F)c(F)c1F. The minimum Gasteiger partial charge on any atom is -0.304 e. The van der Waals surface area contributed by atoms with Gasteiger partial charge in [-0.1, -0.05) is 43.5 Å². The van der Waals surface area contributed by atoms with Crippen LogP contribution in [-0.2, 0) is 21.4 Å². The molecular weight excluding hydrogens is 610 g/mol. The van der Waals surface area contributed by atoms with Crippen LogP contribution in [0.4, 0.5) is 32.0 Å². The molecule has 3 aromatic carbocycles. The largest absolute Gasteiger partial charge is 0.304 e. The summed E-state index contributed by atoms with van der Waals surface area (Å²) in [5, 5.41) is 6.92. The molecule has 44 heavy (non-hydrogen) atoms. The van der Waals surface area contributed by atoms with E-state index in [1.807, 2.05) is 12.1 Å². The summed E-state index contributed by atoms with van der Waals surface area (Å²) >= 11 is 0. The fraction of sp³-hybridized carbons (Fsp3) is 0.333. The molecule has 0 unspecified atom stereocenters. The average molecular weight is 639 g/mol. The number of likely N-dealkylation sites (N-methyl/N-ethyl adjacent to an activating group) is 1. The summed E-state index contributed by atoms with van der Waals surface area (Å²) in [7, 11) is -4.72. The summed E-state index contributed by atoms with van der Waals surface area (Å²) in [4.78, 5) is 12.8. The number of H-pyrrole nitrogens is 1. The maximum Gasteiger partial charge on any atom is 0.249 e. The average Bonchev–Trinajstić information content (AvgIpc) is 3.48. The zero-order valence-corrected chi connectivity index (χ0v) is 24.5. The van der Waals surface area contributed by atoms with E-state index in [1.54, 1.807) is 12.1 Å². The Morgan fingerprint density at radius 3 is 2.14 bits per heavy atom. The Morgan fingerprint density at radius 1 is 0.932 bits per heavy atom. The van der Waals surface area contributed by atoms with Crippen molar-refractivity contribution < 1.29 is 39.6 Å². The third kappa shape index (κ3) is 5.68. The van der Waals surface area contributed by atoms with Gasteiger partial charge in [-0.05, 0) is 48.9 Å². The van der Waals surface area contributed by atoms with E-state index in [-0.39, 0.29) is 16.5 Å². The lowest BCUT2D eigenvalue weighted by molar-refractivity contribution is -0.121. The fourth-order valence-corrected chi connectivity index (χ4v) is 6.93. The summed E-state index contributed by atoms with van der Waals surface area (Å²) < 4.78 is 112. The number of anilines is 1. The molecule has 7 nitrogen and oxygen atoms in total. The van der Waals surface area contributed by atoms with Gasteiger partial charge in [-0.25, -0.2) is 34.8 Å².